The molecule has 0 unspecified atom stereocenters. The molecule has 106 valence electrons. The van der Waals surface area contributed by atoms with Gasteiger partial charge in [-0.15, -0.1) is 11.8 Å². The van der Waals surface area contributed by atoms with Crippen molar-refractivity contribution in [2.24, 2.45) is 0 Å². The van der Waals surface area contributed by atoms with Crippen LogP contribution in [-0.4, -0.2) is 14.7 Å². The lowest BCUT2D eigenvalue weighted by Crippen LogP contribution is -1.90. The second kappa shape index (κ2) is 6.61. The summed E-state index contributed by atoms with van der Waals surface area (Å²) in [6.07, 6.45) is 5.51. The molecule has 21 heavy (non-hydrogen) atoms. The van der Waals surface area contributed by atoms with E-state index in [9.17, 15) is 0 Å². The monoisotopic (exact) mass is 296 g/mol. The zero-order valence-electron chi connectivity index (χ0n) is 11.5. The van der Waals surface area contributed by atoms with Crippen LogP contribution in [-0.2, 0) is 12.4 Å². The summed E-state index contributed by atoms with van der Waals surface area (Å²) >= 11 is 1.80. The van der Waals surface area contributed by atoms with Gasteiger partial charge in [-0.1, -0.05) is 24.3 Å². The predicted molar refractivity (Wildman–Crippen MR) is 85.5 cm³/mol. The molecule has 3 nitrogen and oxygen atoms in total. The summed E-state index contributed by atoms with van der Waals surface area (Å²) in [7, 11) is 0. The van der Waals surface area contributed by atoms with Crippen molar-refractivity contribution in [3.8, 4) is 5.69 Å². The van der Waals surface area contributed by atoms with Gasteiger partial charge in [0.15, 0.2) is 0 Å². The van der Waals surface area contributed by atoms with Crippen molar-refractivity contribution >= 4 is 11.8 Å². The minimum Gasteiger partial charge on any atom is -0.392 e. The molecule has 1 heterocycles. The molecule has 0 bridgehead atoms. The number of hydrogen-bond donors (Lipinski definition) is 1. The number of benzene rings is 2. The van der Waals surface area contributed by atoms with Gasteiger partial charge >= 0.3 is 0 Å². The molecule has 0 aliphatic heterocycles. The Hall–Kier alpha value is -2.04. The molecule has 0 atom stereocenters. The van der Waals surface area contributed by atoms with Gasteiger partial charge in [0, 0.05) is 28.7 Å². The first kappa shape index (κ1) is 13.9. The molecular weight excluding hydrogens is 280 g/mol. The Morgan fingerprint density at radius 3 is 2.29 bits per heavy atom. The standard InChI is InChI=1S/C17H16N2OS/c20-11-14-3-7-17(8-4-14)21-12-15-1-5-16(6-2-15)19-10-9-18-13-19/h1-10,13,20H,11-12H2. The number of rotatable bonds is 5. The van der Waals surface area contributed by atoms with Gasteiger partial charge in [0.05, 0.1) is 12.9 Å². The van der Waals surface area contributed by atoms with E-state index < -0.39 is 0 Å². The van der Waals surface area contributed by atoms with Crippen molar-refractivity contribution in [2.45, 2.75) is 17.3 Å². The van der Waals surface area contributed by atoms with Gasteiger partial charge in [-0.2, -0.15) is 0 Å². The quantitative estimate of drug-likeness (QED) is 0.730. The molecule has 1 N–H and O–H groups in total. The van der Waals surface area contributed by atoms with Crippen LogP contribution >= 0.6 is 11.8 Å². The van der Waals surface area contributed by atoms with Gasteiger partial charge in [-0.25, -0.2) is 4.98 Å². The van der Waals surface area contributed by atoms with E-state index in [-0.39, 0.29) is 6.61 Å². The third-order valence-electron chi connectivity index (χ3n) is 3.25. The largest absolute Gasteiger partial charge is 0.392 e. The fourth-order valence-corrected chi connectivity index (χ4v) is 2.89. The topological polar surface area (TPSA) is 38.0 Å². The van der Waals surface area contributed by atoms with E-state index in [2.05, 4.69) is 41.4 Å². The Balaban J connectivity index is 1.62. The van der Waals surface area contributed by atoms with Gasteiger partial charge in [0.1, 0.15) is 0 Å². The third-order valence-corrected chi connectivity index (χ3v) is 4.33. The van der Waals surface area contributed by atoms with Crippen LogP contribution in [0.25, 0.3) is 5.69 Å². The number of thioether (sulfide) groups is 1. The van der Waals surface area contributed by atoms with Gasteiger partial charge in [0.25, 0.3) is 0 Å². The molecule has 3 rings (SSSR count). The first-order valence-electron chi connectivity index (χ1n) is 6.75. The Morgan fingerprint density at radius 1 is 0.952 bits per heavy atom. The van der Waals surface area contributed by atoms with Crippen LogP contribution in [0, 0.1) is 0 Å². The van der Waals surface area contributed by atoms with Crippen LogP contribution in [0.3, 0.4) is 0 Å². The van der Waals surface area contributed by atoms with Crippen LogP contribution in [0.2, 0.25) is 0 Å². The number of aliphatic hydroxyl groups excluding tert-OH is 1. The number of aliphatic hydroxyl groups is 1. The third kappa shape index (κ3) is 3.54. The highest BCUT2D eigenvalue weighted by Gasteiger charge is 1.99. The molecule has 1 aromatic heterocycles. The molecule has 0 saturated carbocycles. The Kier molecular flexibility index (Phi) is 4.38. The molecule has 0 amide bonds. The maximum Gasteiger partial charge on any atom is 0.0991 e. The molecule has 4 heteroatoms. The van der Waals surface area contributed by atoms with Crippen molar-refractivity contribution in [1.82, 2.24) is 9.55 Å². The van der Waals surface area contributed by atoms with Crippen LogP contribution in [0.15, 0.2) is 72.1 Å². The summed E-state index contributed by atoms with van der Waals surface area (Å²) in [5, 5.41) is 9.03. The molecule has 0 spiro atoms. The fourth-order valence-electron chi connectivity index (χ4n) is 2.03. The zero-order chi connectivity index (χ0) is 14.5. The number of hydrogen-bond acceptors (Lipinski definition) is 3. The van der Waals surface area contributed by atoms with E-state index in [1.54, 1.807) is 24.3 Å². The molecule has 0 radical (unpaired) electrons. The van der Waals surface area contributed by atoms with Crippen molar-refractivity contribution in [3.63, 3.8) is 0 Å². The average Bonchev–Trinajstić information content (AvgIpc) is 3.08. The average molecular weight is 296 g/mol. The first-order valence-corrected chi connectivity index (χ1v) is 7.73. The highest BCUT2D eigenvalue weighted by molar-refractivity contribution is 7.98. The molecule has 0 aliphatic carbocycles. The fraction of sp³-hybridized carbons (Fsp3) is 0.118. The summed E-state index contributed by atoms with van der Waals surface area (Å²) in [6.45, 7) is 0.0979. The Labute approximate surface area is 128 Å². The van der Waals surface area contributed by atoms with Crippen molar-refractivity contribution in [2.75, 3.05) is 0 Å². The van der Waals surface area contributed by atoms with E-state index in [1.165, 1.54) is 10.5 Å². The maximum atomic E-state index is 9.03. The summed E-state index contributed by atoms with van der Waals surface area (Å²) in [4.78, 5) is 5.27. The normalized spacial score (nSPS) is 10.7. The SMILES string of the molecule is OCc1ccc(SCc2ccc(-n3ccnc3)cc2)cc1. The van der Waals surface area contributed by atoms with Gasteiger partial charge < -0.3 is 9.67 Å². The van der Waals surface area contributed by atoms with E-state index in [0.717, 1.165) is 17.0 Å². The lowest BCUT2D eigenvalue weighted by molar-refractivity contribution is 0.282. The molecule has 2 aromatic carbocycles. The number of aromatic nitrogens is 2. The molecule has 3 aromatic rings. The van der Waals surface area contributed by atoms with E-state index in [1.807, 2.05) is 22.9 Å². The second-order valence-corrected chi connectivity index (χ2v) is 5.78. The highest BCUT2D eigenvalue weighted by atomic mass is 32.2. The summed E-state index contributed by atoms with van der Waals surface area (Å²) in [5.41, 5.74) is 3.35. The van der Waals surface area contributed by atoms with Crippen LogP contribution in [0.5, 0.6) is 0 Å². The minimum absolute atomic E-state index is 0.0979. The summed E-state index contributed by atoms with van der Waals surface area (Å²) < 4.78 is 1.99. The number of imidazole rings is 1. The zero-order valence-corrected chi connectivity index (χ0v) is 12.3. The van der Waals surface area contributed by atoms with E-state index >= 15 is 0 Å². The summed E-state index contributed by atoms with van der Waals surface area (Å²) in [6, 6.07) is 16.5. The van der Waals surface area contributed by atoms with Gasteiger partial charge in [-0.05, 0) is 35.4 Å². The van der Waals surface area contributed by atoms with Crippen LogP contribution < -0.4 is 0 Å². The second-order valence-electron chi connectivity index (χ2n) is 4.73. The smallest absolute Gasteiger partial charge is 0.0991 e. The first-order chi connectivity index (χ1) is 10.3. The maximum absolute atomic E-state index is 9.03. The molecule has 0 aliphatic rings. The van der Waals surface area contributed by atoms with E-state index in [0.29, 0.717) is 0 Å². The Bertz CT molecular complexity index is 676. The van der Waals surface area contributed by atoms with Crippen LogP contribution in [0.1, 0.15) is 11.1 Å². The lowest BCUT2D eigenvalue weighted by Gasteiger charge is -2.05. The van der Waals surface area contributed by atoms with Crippen LogP contribution in [0.4, 0.5) is 0 Å². The summed E-state index contributed by atoms with van der Waals surface area (Å²) in [5.74, 6) is 0.933. The van der Waals surface area contributed by atoms with Crippen molar-refractivity contribution in [1.29, 1.82) is 0 Å². The van der Waals surface area contributed by atoms with Crippen molar-refractivity contribution in [3.05, 3.63) is 78.4 Å². The molecular formula is C17H16N2OS. The Morgan fingerprint density at radius 2 is 1.67 bits per heavy atom. The highest BCUT2D eigenvalue weighted by Crippen LogP contribution is 2.23. The van der Waals surface area contributed by atoms with Crippen molar-refractivity contribution < 1.29 is 5.11 Å². The number of nitrogens with zero attached hydrogens (tertiary/aromatic N) is 2. The van der Waals surface area contributed by atoms with Gasteiger partial charge in [0.2, 0.25) is 0 Å². The minimum atomic E-state index is 0.0979. The van der Waals surface area contributed by atoms with E-state index in [4.69, 9.17) is 5.11 Å². The molecule has 0 saturated heterocycles. The van der Waals surface area contributed by atoms with Gasteiger partial charge in [-0.3, -0.25) is 0 Å². The predicted octanol–water partition coefficient (Wildman–Crippen LogP) is 3.66. The lowest BCUT2D eigenvalue weighted by atomic mass is 10.2. The molecule has 0 fully saturated rings.